The number of rotatable bonds is 1. The molecule has 0 bridgehead atoms. The highest BCUT2D eigenvalue weighted by molar-refractivity contribution is 7.99. The Balaban J connectivity index is 1.91. The molecule has 0 radical (unpaired) electrons. The number of nitrogens with zero attached hydrogens (tertiary/aromatic N) is 1. The van der Waals surface area contributed by atoms with Gasteiger partial charge < -0.3 is 4.98 Å². The number of hydrogen-bond acceptors (Lipinski definition) is 2. The number of hydrogen-bond donors (Lipinski definition) is 1. The molecular formula is C17H22N2S. The highest BCUT2D eigenvalue weighted by Crippen LogP contribution is 2.49. The molecule has 2 aliphatic rings. The lowest BCUT2D eigenvalue weighted by Gasteiger charge is -2.33. The second-order valence-corrected chi connectivity index (χ2v) is 7.53. The van der Waals surface area contributed by atoms with Gasteiger partial charge in [-0.3, -0.25) is 4.90 Å². The van der Waals surface area contributed by atoms with Crippen molar-refractivity contribution in [2.75, 3.05) is 18.8 Å². The quantitative estimate of drug-likeness (QED) is 0.846. The summed E-state index contributed by atoms with van der Waals surface area (Å²) in [5, 5.41) is 1.41. The van der Waals surface area contributed by atoms with E-state index in [2.05, 4.69) is 48.0 Å². The van der Waals surface area contributed by atoms with Crippen LogP contribution in [0.25, 0.3) is 10.9 Å². The number of benzene rings is 1. The van der Waals surface area contributed by atoms with E-state index in [1.807, 2.05) is 11.8 Å². The van der Waals surface area contributed by atoms with Gasteiger partial charge in [-0.2, -0.15) is 0 Å². The number of aromatic nitrogens is 1. The van der Waals surface area contributed by atoms with Gasteiger partial charge >= 0.3 is 0 Å². The third-order valence-electron chi connectivity index (χ3n) is 5.24. The summed E-state index contributed by atoms with van der Waals surface area (Å²) in [5.41, 5.74) is 2.98. The molecule has 1 aromatic heterocycles. The predicted molar refractivity (Wildman–Crippen MR) is 86.3 cm³/mol. The first-order chi connectivity index (χ1) is 9.72. The summed E-state index contributed by atoms with van der Waals surface area (Å²) < 4.78 is 0. The van der Waals surface area contributed by atoms with Crippen LogP contribution in [0.5, 0.6) is 0 Å². The van der Waals surface area contributed by atoms with E-state index >= 15 is 0 Å². The molecule has 0 amide bonds. The normalized spacial score (nSPS) is 30.2. The second kappa shape index (κ2) is 4.54. The Kier molecular flexibility index (Phi) is 2.90. The van der Waals surface area contributed by atoms with E-state index in [0.717, 1.165) is 5.92 Å². The summed E-state index contributed by atoms with van der Waals surface area (Å²) in [4.78, 5) is 7.97. The fourth-order valence-corrected chi connectivity index (χ4v) is 5.31. The minimum absolute atomic E-state index is 0.207. The first kappa shape index (κ1) is 12.8. The lowest BCUT2D eigenvalue weighted by atomic mass is 9.89. The molecule has 1 fully saturated rings. The standard InChI is InChI=1S/C17H22N2S/c1-3-12-10-17(2)16-15(20-9-8-19(17)11-12)13-6-4-5-7-14(13)18-16/h4-7,12,18H,3,8-11H2,1-2H3/t12-,17-/m0/s1. The van der Waals surface area contributed by atoms with Gasteiger partial charge in [-0.05, 0) is 25.3 Å². The monoisotopic (exact) mass is 286 g/mol. The zero-order chi connectivity index (χ0) is 13.7. The maximum atomic E-state index is 3.75. The Morgan fingerprint density at radius 3 is 3.10 bits per heavy atom. The van der Waals surface area contributed by atoms with Crippen molar-refractivity contribution in [3.05, 3.63) is 30.0 Å². The maximum absolute atomic E-state index is 3.75. The number of H-pyrrole nitrogens is 1. The fourth-order valence-electron chi connectivity index (χ4n) is 4.04. The molecule has 0 aliphatic carbocycles. The molecule has 4 rings (SSSR count). The Hall–Kier alpha value is -0.930. The molecule has 20 heavy (non-hydrogen) atoms. The van der Waals surface area contributed by atoms with E-state index in [9.17, 15) is 0 Å². The van der Waals surface area contributed by atoms with Crippen LogP contribution >= 0.6 is 11.8 Å². The van der Waals surface area contributed by atoms with Crippen LogP contribution in [0.2, 0.25) is 0 Å². The van der Waals surface area contributed by atoms with Gasteiger partial charge in [-0.15, -0.1) is 11.8 Å². The van der Waals surface area contributed by atoms with Crippen molar-refractivity contribution in [2.24, 2.45) is 5.92 Å². The van der Waals surface area contributed by atoms with E-state index in [1.165, 1.54) is 53.2 Å². The Morgan fingerprint density at radius 2 is 2.25 bits per heavy atom. The van der Waals surface area contributed by atoms with Crippen molar-refractivity contribution < 1.29 is 0 Å². The number of para-hydroxylation sites is 1. The average molecular weight is 286 g/mol. The van der Waals surface area contributed by atoms with Crippen LogP contribution < -0.4 is 0 Å². The highest BCUT2D eigenvalue weighted by Gasteiger charge is 2.46. The van der Waals surface area contributed by atoms with Gasteiger partial charge in [0.25, 0.3) is 0 Å². The third-order valence-corrected chi connectivity index (χ3v) is 6.34. The van der Waals surface area contributed by atoms with Crippen LogP contribution in [-0.4, -0.2) is 28.7 Å². The van der Waals surface area contributed by atoms with Crippen molar-refractivity contribution in [2.45, 2.75) is 37.1 Å². The van der Waals surface area contributed by atoms with E-state index in [1.54, 1.807) is 0 Å². The molecule has 2 atom stereocenters. The molecule has 2 aliphatic heterocycles. The number of fused-ring (bicyclic) bond motifs is 5. The van der Waals surface area contributed by atoms with Crippen LogP contribution in [0, 0.1) is 5.92 Å². The van der Waals surface area contributed by atoms with Crippen molar-refractivity contribution in [3.8, 4) is 0 Å². The molecule has 1 saturated heterocycles. The predicted octanol–water partition coefficient (Wildman–Crippen LogP) is 4.22. The summed E-state index contributed by atoms with van der Waals surface area (Å²) >= 11 is 2.04. The Bertz CT molecular complexity index is 647. The first-order valence-corrected chi connectivity index (χ1v) is 8.70. The molecule has 2 nitrogen and oxygen atoms in total. The lowest BCUT2D eigenvalue weighted by molar-refractivity contribution is 0.162. The minimum Gasteiger partial charge on any atom is -0.356 e. The number of thioether (sulfide) groups is 1. The van der Waals surface area contributed by atoms with Crippen molar-refractivity contribution in [3.63, 3.8) is 0 Å². The van der Waals surface area contributed by atoms with E-state index < -0.39 is 0 Å². The van der Waals surface area contributed by atoms with Crippen LogP contribution in [0.3, 0.4) is 0 Å². The molecule has 1 N–H and O–H groups in total. The SMILES string of the molecule is CC[C@@H]1CN2CCSc3c([nH]c4ccccc34)[C@]2(C)C1. The van der Waals surface area contributed by atoms with Crippen molar-refractivity contribution in [1.29, 1.82) is 0 Å². The minimum atomic E-state index is 0.207. The molecular weight excluding hydrogens is 264 g/mol. The van der Waals surface area contributed by atoms with Crippen LogP contribution in [0.1, 0.15) is 32.4 Å². The Morgan fingerprint density at radius 1 is 1.40 bits per heavy atom. The molecule has 0 unspecified atom stereocenters. The zero-order valence-electron chi connectivity index (χ0n) is 12.3. The van der Waals surface area contributed by atoms with E-state index in [-0.39, 0.29) is 5.54 Å². The van der Waals surface area contributed by atoms with E-state index in [0.29, 0.717) is 0 Å². The van der Waals surface area contributed by atoms with Crippen molar-refractivity contribution >= 4 is 22.7 Å². The number of nitrogens with one attached hydrogen (secondary N) is 1. The van der Waals surface area contributed by atoms with Gasteiger partial charge in [0, 0.05) is 34.6 Å². The summed E-state index contributed by atoms with van der Waals surface area (Å²) in [6.45, 7) is 7.26. The van der Waals surface area contributed by atoms with Gasteiger partial charge in [-0.1, -0.05) is 31.5 Å². The van der Waals surface area contributed by atoms with Gasteiger partial charge in [-0.25, -0.2) is 0 Å². The van der Waals surface area contributed by atoms with Gasteiger partial charge in [0.1, 0.15) is 0 Å². The van der Waals surface area contributed by atoms with Gasteiger partial charge in [0.05, 0.1) is 11.2 Å². The van der Waals surface area contributed by atoms with Crippen LogP contribution in [0.4, 0.5) is 0 Å². The molecule has 0 spiro atoms. The van der Waals surface area contributed by atoms with Crippen LogP contribution in [-0.2, 0) is 5.54 Å². The van der Waals surface area contributed by atoms with Gasteiger partial charge in [0.15, 0.2) is 0 Å². The summed E-state index contributed by atoms with van der Waals surface area (Å²) in [6.07, 6.45) is 2.60. The van der Waals surface area contributed by atoms with E-state index in [4.69, 9.17) is 0 Å². The van der Waals surface area contributed by atoms with Gasteiger partial charge in [0.2, 0.25) is 0 Å². The Labute approximate surface area is 124 Å². The largest absolute Gasteiger partial charge is 0.356 e. The lowest BCUT2D eigenvalue weighted by Crippen LogP contribution is -2.39. The summed E-state index contributed by atoms with van der Waals surface area (Å²) in [7, 11) is 0. The fraction of sp³-hybridized carbons (Fsp3) is 0.529. The topological polar surface area (TPSA) is 19.0 Å². The summed E-state index contributed by atoms with van der Waals surface area (Å²) in [5.74, 6) is 2.06. The molecule has 1 aromatic carbocycles. The first-order valence-electron chi connectivity index (χ1n) is 7.71. The second-order valence-electron chi connectivity index (χ2n) is 6.42. The zero-order valence-corrected chi connectivity index (χ0v) is 13.1. The van der Waals surface area contributed by atoms with Crippen LogP contribution in [0.15, 0.2) is 29.2 Å². The number of aromatic amines is 1. The average Bonchev–Trinajstić information content (AvgIpc) is 2.96. The highest BCUT2D eigenvalue weighted by atomic mass is 32.2. The molecule has 2 aromatic rings. The molecule has 0 saturated carbocycles. The van der Waals surface area contributed by atoms with Crippen molar-refractivity contribution in [1.82, 2.24) is 9.88 Å². The molecule has 3 heteroatoms. The third kappa shape index (κ3) is 1.69. The smallest absolute Gasteiger partial charge is 0.0598 e. The maximum Gasteiger partial charge on any atom is 0.0598 e. The molecule has 3 heterocycles. The summed E-state index contributed by atoms with van der Waals surface area (Å²) in [6, 6.07) is 8.77. The molecule has 106 valence electrons.